The number of pyridine rings is 1. The van der Waals surface area contributed by atoms with Crippen LogP contribution in [0, 0.1) is 0 Å². The van der Waals surface area contributed by atoms with E-state index in [1.165, 1.54) is 17.3 Å². The Labute approximate surface area is 180 Å². The Bertz CT molecular complexity index is 1130. The highest BCUT2D eigenvalue weighted by molar-refractivity contribution is 8.00. The highest BCUT2D eigenvalue weighted by Crippen LogP contribution is 2.31. The third-order valence-corrected chi connectivity index (χ3v) is 5.93. The summed E-state index contributed by atoms with van der Waals surface area (Å²) < 4.78 is 1.99. The predicted octanol–water partition coefficient (Wildman–Crippen LogP) is 5.26. The number of carbonyl (C=O) groups excluding carboxylic acids is 1. The van der Waals surface area contributed by atoms with Gasteiger partial charge >= 0.3 is 0 Å². The van der Waals surface area contributed by atoms with E-state index in [9.17, 15) is 4.79 Å². The van der Waals surface area contributed by atoms with Gasteiger partial charge in [-0.2, -0.15) is 0 Å². The lowest BCUT2D eigenvalue weighted by Gasteiger charge is -2.13. The number of aromatic nitrogens is 4. The maximum absolute atomic E-state index is 13.0. The fraction of sp³-hybridized carbons (Fsp3) is 0.167. The van der Waals surface area contributed by atoms with Crippen LogP contribution in [0.3, 0.4) is 0 Å². The summed E-state index contributed by atoms with van der Waals surface area (Å²) >= 11 is 1.42. The van der Waals surface area contributed by atoms with E-state index in [0.29, 0.717) is 10.7 Å². The molecule has 0 spiro atoms. The molecule has 0 bridgehead atoms. The minimum absolute atomic E-state index is 0.0794. The van der Waals surface area contributed by atoms with Crippen LogP contribution in [-0.4, -0.2) is 30.8 Å². The molecular formula is C24H22N4OS. The van der Waals surface area contributed by atoms with Gasteiger partial charge in [0.25, 0.3) is 0 Å². The smallest absolute Gasteiger partial charge is 0.196 e. The molecule has 0 saturated carbocycles. The van der Waals surface area contributed by atoms with Crippen molar-refractivity contribution in [3.05, 3.63) is 90.3 Å². The monoisotopic (exact) mass is 414 g/mol. The molecule has 0 aliphatic rings. The SMILES string of the molecule is CCc1ccc(C(=O)[C@@H](C)Sc2nnc(-c3ccncc3)n2-c2ccccc2)cc1. The van der Waals surface area contributed by atoms with E-state index in [4.69, 9.17) is 0 Å². The summed E-state index contributed by atoms with van der Waals surface area (Å²) in [5.74, 6) is 0.800. The topological polar surface area (TPSA) is 60.7 Å². The van der Waals surface area contributed by atoms with E-state index in [0.717, 1.165) is 23.5 Å². The maximum Gasteiger partial charge on any atom is 0.196 e. The van der Waals surface area contributed by atoms with Crippen LogP contribution < -0.4 is 0 Å². The fourth-order valence-corrected chi connectivity index (χ4v) is 4.14. The Hall–Kier alpha value is -3.25. The first-order valence-corrected chi connectivity index (χ1v) is 10.8. The molecule has 0 saturated heterocycles. The van der Waals surface area contributed by atoms with Gasteiger partial charge in [-0.05, 0) is 43.2 Å². The summed E-state index contributed by atoms with van der Waals surface area (Å²) in [6.07, 6.45) is 4.42. The van der Waals surface area contributed by atoms with Gasteiger partial charge < -0.3 is 0 Å². The van der Waals surface area contributed by atoms with E-state index in [-0.39, 0.29) is 11.0 Å². The number of hydrogen-bond donors (Lipinski definition) is 0. The van der Waals surface area contributed by atoms with Gasteiger partial charge in [-0.15, -0.1) is 10.2 Å². The van der Waals surface area contributed by atoms with Gasteiger partial charge in [0.2, 0.25) is 0 Å². The van der Waals surface area contributed by atoms with E-state index < -0.39 is 0 Å². The normalized spacial score (nSPS) is 11.9. The molecule has 2 aromatic heterocycles. The minimum Gasteiger partial charge on any atom is -0.293 e. The molecule has 1 atom stereocenters. The molecule has 0 radical (unpaired) electrons. The maximum atomic E-state index is 13.0. The molecule has 2 heterocycles. The number of Topliss-reactive ketones (excluding diaryl/α,β-unsaturated/α-hetero) is 1. The number of thioether (sulfide) groups is 1. The van der Waals surface area contributed by atoms with Crippen LogP contribution in [0.5, 0.6) is 0 Å². The standard InChI is InChI=1S/C24H22N4OS/c1-3-18-9-11-19(12-10-18)22(29)17(2)30-24-27-26-23(20-13-15-25-16-14-20)28(24)21-7-5-4-6-8-21/h4-17H,3H2,1-2H3/t17-/m1/s1. The van der Waals surface area contributed by atoms with Gasteiger partial charge in [0.05, 0.1) is 5.25 Å². The van der Waals surface area contributed by atoms with Gasteiger partial charge in [-0.25, -0.2) is 0 Å². The average Bonchev–Trinajstić information content (AvgIpc) is 3.23. The van der Waals surface area contributed by atoms with Gasteiger partial charge in [-0.1, -0.05) is 61.2 Å². The van der Waals surface area contributed by atoms with Crippen molar-refractivity contribution in [2.45, 2.75) is 30.7 Å². The number of aryl methyl sites for hydroxylation is 1. The van der Waals surface area contributed by atoms with Crippen LogP contribution in [-0.2, 0) is 6.42 Å². The lowest BCUT2D eigenvalue weighted by molar-refractivity contribution is 0.0994. The Morgan fingerprint density at radius 1 is 0.967 bits per heavy atom. The number of rotatable bonds is 7. The van der Waals surface area contributed by atoms with E-state index in [1.54, 1.807) is 12.4 Å². The minimum atomic E-state index is -0.297. The number of hydrogen-bond acceptors (Lipinski definition) is 5. The molecule has 0 aliphatic carbocycles. The fourth-order valence-electron chi connectivity index (χ4n) is 3.20. The largest absolute Gasteiger partial charge is 0.293 e. The molecular weight excluding hydrogens is 392 g/mol. The molecule has 0 aliphatic heterocycles. The molecule has 4 rings (SSSR count). The first-order valence-electron chi connectivity index (χ1n) is 9.88. The number of benzene rings is 2. The molecule has 0 unspecified atom stereocenters. The van der Waals surface area contributed by atoms with Crippen molar-refractivity contribution in [1.82, 2.24) is 19.7 Å². The zero-order valence-electron chi connectivity index (χ0n) is 16.9. The summed E-state index contributed by atoms with van der Waals surface area (Å²) in [6, 6.07) is 21.6. The van der Waals surface area contributed by atoms with E-state index in [2.05, 4.69) is 22.1 Å². The van der Waals surface area contributed by atoms with Crippen LogP contribution in [0.4, 0.5) is 0 Å². The summed E-state index contributed by atoms with van der Waals surface area (Å²) in [6.45, 7) is 4.02. The van der Waals surface area contributed by atoms with Crippen LogP contribution in [0.1, 0.15) is 29.8 Å². The van der Waals surface area contributed by atoms with Crippen molar-refractivity contribution in [2.24, 2.45) is 0 Å². The number of carbonyl (C=O) groups is 1. The predicted molar refractivity (Wildman–Crippen MR) is 120 cm³/mol. The van der Waals surface area contributed by atoms with Crippen LogP contribution in [0.15, 0.2) is 84.3 Å². The Morgan fingerprint density at radius 2 is 1.67 bits per heavy atom. The molecule has 0 fully saturated rings. The van der Waals surface area contributed by atoms with Gasteiger partial charge in [0.1, 0.15) is 0 Å². The Balaban J connectivity index is 1.67. The zero-order chi connectivity index (χ0) is 20.9. The van der Waals surface area contributed by atoms with Crippen molar-refractivity contribution < 1.29 is 4.79 Å². The van der Waals surface area contributed by atoms with Gasteiger partial charge in [-0.3, -0.25) is 14.3 Å². The molecule has 4 aromatic rings. The third-order valence-electron chi connectivity index (χ3n) is 4.88. The van der Waals surface area contributed by atoms with Crippen LogP contribution >= 0.6 is 11.8 Å². The average molecular weight is 415 g/mol. The second kappa shape index (κ2) is 9.05. The van der Waals surface area contributed by atoms with Crippen molar-refractivity contribution in [1.29, 1.82) is 0 Å². The van der Waals surface area contributed by atoms with Crippen molar-refractivity contribution in [3.8, 4) is 17.1 Å². The van der Waals surface area contributed by atoms with Crippen LogP contribution in [0.2, 0.25) is 0 Å². The molecule has 5 nitrogen and oxygen atoms in total. The van der Waals surface area contributed by atoms with Crippen LogP contribution in [0.25, 0.3) is 17.1 Å². The first kappa shape index (κ1) is 20.0. The van der Waals surface area contributed by atoms with Crippen molar-refractivity contribution in [3.63, 3.8) is 0 Å². The molecule has 0 amide bonds. The lowest BCUT2D eigenvalue weighted by atomic mass is 10.1. The highest BCUT2D eigenvalue weighted by atomic mass is 32.2. The Kier molecular flexibility index (Phi) is 6.05. The summed E-state index contributed by atoms with van der Waals surface area (Å²) in [5, 5.41) is 9.22. The number of nitrogens with zero attached hydrogens (tertiary/aromatic N) is 4. The Morgan fingerprint density at radius 3 is 2.33 bits per heavy atom. The molecule has 30 heavy (non-hydrogen) atoms. The molecule has 2 aromatic carbocycles. The lowest BCUT2D eigenvalue weighted by Crippen LogP contribution is -2.14. The van der Waals surface area contributed by atoms with Gasteiger partial charge in [0.15, 0.2) is 16.8 Å². The summed E-state index contributed by atoms with van der Waals surface area (Å²) in [7, 11) is 0. The molecule has 150 valence electrons. The highest BCUT2D eigenvalue weighted by Gasteiger charge is 2.22. The third kappa shape index (κ3) is 4.19. The quantitative estimate of drug-likeness (QED) is 0.305. The number of ketones is 1. The second-order valence-electron chi connectivity index (χ2n) is 6.89. The molecule has 6 heteroatoms. The molecule has 0 N–H and O–H groups in total. The van der Waals surface area contributed by atoms with Gasteiger partial charge in [0, 0.05) is 29.2 Å². The zero-order valence-corrected chi connectivity index (χ0v) is 17.7. The first-order chi connectivity index (χ1) is 14.7. The van der Waals surface area contributed by atoms with Crippen molar-refractivity contribution in [2.75, 3.05) is 0 Å². The second-order valence-corrected chi connectivity index (χ2v) is 8.20. The number of para-hydroxylation sites is 1. The summed E-state index contributed by atoms with van der Waals surface area (Å²) in [4.78, 5) is 17.1. The van der Waals surface area contributed by atoms with Crippen molar-refractivity contribution >= 4 is 17.5 Å². The van der Waals surface area contributed by atoms with E-state index >= 15 is 0 Å². The summed E-state index contributed by atoms with van der Waals surface area (Å²) in [5.41, 5.74) is 3.80. The van der Waals surface area contributed by atoms with E-state index in [1.807, 2.05) is 78.2 Å².